The van der Waals surface area contributed by atoms with Gasteiger partial charge in [0.25, 0.3) is 5.91 Å². The van der Waals surface area contributed by atoms with Gasteiger partial charge in [0.05, 0.1) is 17.0 Å². The second-order valence-electron chi connectivity index (χ2n) is 7.54. The van der Waals surface area contributed by atoms with Gasteiger partial charge in [-0.3, -0.25) is 4.79 Å². The molecule has 1 aliphatic rings. The third-order valence-electron chi connectivity index (χ3n) is 5.50. The Balaban J connectivity index is 1.38. The number of halogens is 1. The van der Waals surface area contributed by atoms with E-state index >= 15 is 0 Å². The van der Waals surface area contributed by atoms with Crippen LogP contribution in [0, 0.1) is 25.6 Å². The molecule has 1 amide bonds. The van der Waals surface area contributed by atoms with Crippen LogP contribution in [0.25, 0.3) is 11.3 Å². The summed E-state index contributed by atoms with van der Waals surface area (Å²) in [6.07, 6.45) is 4.26. The smallest absolute Gasteiger partial charge is 0.253 e. The zero-order chi connectivity index (χ0) is 20.4. The maximum atomic E-state index is 13.1. The first-order chi connectivity index (χ1) is 14.0. The van der Waals surface area contributed by atoms with Crippen molar-refractivity contribution in [2.75, 3.05) is 13.1 Å². The molecule has 3 heterocycles. The zero-order valence-electron chi connectivity index (χ0n) is 16.6. The molecular formula is C22H23FN4O2. The molecule has 0 N–H and O–H groups in total. The van der Waals surface area contributed by atoms with Gasteiger partial charge < -0.3 is 9.42 Å². The minimum atomic E-state index is -0.332. The zero-order valence-corrected chi connectivity index (χ0v) is 16.6. The highest BCUT2D eigenvalue weighted by Gasteiger charge is 2.24. The molecule has 1 fully saturated rings. The summed E-state index contributed by atoms with van der Waals surface area (Å²) in [4.78, 5) is 23.2. The lowest BCUT2D eigenvalue weighted by atomic mass is 9.91. The van der Waals surface area contributed by atoms with Gasteiger partial charge in [-0.25, -0.2) is 14.4 Å². The predicted molar refractivity (Wildman–Crippen MR) is 106 cm³/mol. The van der Waals surface area contributed by atoms with E-state index in [1.54, 1.807) is 18.5 Å². The van der Waals surface area contributed by atoms with Crippen LogP contribution >= 0.6 is 0 Å². The molecule has 0 bridgehead atoms. The van der Waals surface area contributed by atoms with E-state index in [2.05, 4.69) is 15.1 Å². The fourth-order valence-corrected chi connectivity index (χ4v) is 3.91. The molecule has 1 saturated heterocycles. The summed E-state index contributed by atoms with van der Waals surface area (Å²) in [5, 5.41) is 4.00. The van der Waals surface area contributed by atoms with Gasteiger partial charge in [0, 0.05) is 24.3 Å². The number of amides is 1. The van der Waals surface area contributed by atoms with Gasteiger partial charge in [0.2, 0.25) is 0 Å². The van der Waals surface area contributed by atoms with Crippen molar-refractivity contribution < 1.29 is 13.7 Å². The van der Waals surface area contributed by atoms with Crippen molar-refractivity contribution in [3.8, 4) is 11.3 Å². The van der Waals surface area contributed by atoms with Gasteiger partial charge in [-0.2, -0.15) is 0 Å². The fraction of sp³-hybridized carbons (Fsp3) is 0.364. The first-order valence-corrected chi connectivity index (χ1v) is 9.80. The molecule has 3 aromatic rings. The van der Waals surface area contributed by atoms with Crippen LogP contribution in [0.5, 0.6) is 0 Å². The van der Waals surface area contributed by atoms with E-state index in [4.69, 9.17) is 4.52 Å². The Morgan fingerprint density at radius 1 is 1.17 bits per heavy atom. The molecular weight excluding hydrogens is 371 g/mol. The van der Waals surface area contributed by atoms with Crippen molar-refractivity contribution >= 4 is 5.91 Å². The van der Waals surface area contributed by atoms with Crippen molar-refractivity contribution in [1.29, 1.82) is 0 Å². The number of aryl methyl sites for hydroxylation is 2. The average molecular weight is 394 g/mol. The Hall–Kier alpha value is -3.09. The SMILES string of the molecule is Cc1noc(C)c1-c1cc(CC2CCN(C(=O)c3ccc(F)cc3)CC2)ncn1. The highest BCUT2D eigenvalue weighted by atomic mass is 19.1. The van der Waals surface area contributed by atoms with E-state index in [9.17, 15) is 9.18 Å². The summed E-state index contributed by atoms with van der Waals surface area (Å²) in [5.74, 6) is 0.840. The Morgan fingerprint density at radius 2 is 1.90 bits per heavy atom. The number of benzene rings is 1. The standard InChI is InChI=1S/C22H23FN4O2/c1-14-21(15(2)29-26-14)20-12-19(24-13-25-20)11-16-7-9-27(10-8-16)22(28)17-3-5-18(23)6-4-17/h3-6,12-13,16H,7-11H2,1-2H3. The molecule has 2 aromatic heterocycles. The number of hydrogen-bond donors (Lipinski definition) is 0. The highest BCUT2D eigenvalue weighted by Crippen LogP contribution is 2.27. The molecule has 4 rings (SSSR count). The van der Waals surface area contributed by atoms with Gasteiger partial charge in [0.1, 0.15) is 17.9 Å². The number of hydrogen-bond acceptors (Lipinski definition) is 5. The van der Waals surface area contributed by atoms with Crippen molar-refractivity contribution in [2.24, 2.45) is 5.92 Å². The number of carbonyl (C=O) groups is 1. The van der Waals surface area contributed by atoms with Gasteiger partial charge in [-0.05, 0) is 69.4 Å². The van der Waals surface area contributed by atoms with Gasteiger partial charge in [-0.1, -0.05) is 5.16 Å². The summed E-state index contributed by atoms with van der Waals surface area (Å²) in [6.45, 7) is 5.18. The van der Waals surface area contributed by atoms with Crippen molar-refractivity contribution in [3.05, 3.63) is 65.2 Å². The summed E-state index contributed by atoms with van der Waals surface area (Å²) in [5.41, 5.74) is 4.09. The third-order valence-corrected chi connectivity index (χ3v) is 5.50. The molecule has 0 spiro atoms. The van der Waals surface area contributed by atoms with Crippen LogP contribution in [-0.2, 0) is 6.42 Å². The average Bonchev–Trinajstić information content (AvgIpc) is 3.07. The molecule has 1 aromatic carbocycles. The van der Waals surface area contributed by atoms with Crippen LogP contribution in [-0.4, -0.2) is 39.0 Å². The molecule has 0 aliphatic carbocycles. The van der Waals surface area contributed by atoms with Crippen molar-refractivity contribution in [2.45, 2.75) is 33.1 Å². The number of nitrogens with zero attached hydrogens (tertiary/aromatic N) is 4. The minimum Gasteiger partial charge on any atom is -0.361 e. The maximum absolute atomic E-state index is 13.1. The summed E-state index contributed by atoms with van der Waals surface area (Å²) in [6, 6.07) is 7.74. The number of likely N-dealkylation sites (tertiary alicyclic amines) is 1. The van der Waals surface area contributed by atoms with Crippen LogP contribution in [0.3, 0.4) is 0 Å². The van der Waals surface area contributed by atoms with Gasteiger partial charge in [0.15, 0.2) is 0 Å². The second kappa shape index (κ2) is 8.11. The van der Waals surface area contributed by atoms with Crippen LogP contribution < -0.4 is 0 Å². The quantitative estimate of drug-likeness (QED) is 0.669. The second-order valence-corrected chi connectivity index (χ2v) is 7.54. The lowest BCUT2D eigenvalue weighted by Crippen LogP contribution is -2.39. The normalized spacial score (nSPS) is 14.9. The molecule has 1 aliphatic heterocycles. The Bertz CT molecular complexity index is 988. The molecule has 29 heavy (non-hydrogen) atoms. The van der Waals surface area contributed by atoms with Crippen molar-refractivity contribution in [3.63, 3.8) is 0 Å². The van der Waals surface area contributed by atoms with E-state index in [1.165, 1.54) is 12.1 Å². The van der Waals surface area contributed by atoms with Gasteiger partial charge in [-0.15, -0.1) is 0 Å². The number of piperidine rings is 1. The first kappa shape index (κ1) is 19.2. The molecule has 0 unspecified atom stereocenters. The lowest BCUT2D eigenvalue weighted by molar-refractivity contribution is 0.0690. The predicted octanol–water partition coefficient (Wildman–Crippen LogP) is 3.98. The van der Waals surface area contributed by atoms with Crippen LogP contribution in [0.4, 0.5) is 4.39 Å². The third kappa shape index (κ3) is 4.18. The monoisotopic (exact) mass is 394 g/mol. The summed E-state index contributed by atoms with van der Waals surface area (Å²) >= 11 is 0. The lowest BCUT2D eigenvalue weighted by Gasteiger charge is -2.32. The van der Waals surface area contributed by atoms with Crippen LogP contribution in [0.2, 0.25) is 0 Å². The minimum absolute atomic E-state index is 0.0359. The molecule has 0 atom stereocenters. The van der Waals surface area contributed by atoms with E-state index in [1.807, 2.05) is 24.8 Å². The molecule has 150 valence electrons. The van der Waals surface area contributed by atoms with E-state index in [-0.39, 0.29) is 11.7 Å². The highest BCUT2D eigenvalue weighted by molar-refractivity contribution is 5.94. The molecule has 6 nitrogen and oxygen atoms in total. The largest absolute Gasteiger partial charge is 0.361 e. The van der Waals surface area contributed by atoms with E-state index in [0.29, 0.717) is 24.6 Å². The number of carbonyl (C=O) groups excluding carboxylic acids is 1. The van der Waals surface area contributed by atoms with Crippen LogP contribution in [0.1, 0.15) is 40.3 Å². The van der Waals surface area contributed by atoms with Crippen LogP contribution in [0.15, 0.2) is 41.2 Å². The fourth-order valence-electron chi connectivity index (χ4n) is 3.91. The number of rotatable bonds is 4. The van der Waals surface area contributed by atoms with E-state index in [0.717, 1.165) is 47.7 Å². The molecule has 7 heteroatoms. The Labute approximate surface area is 168 Å². The Morgan fingerprint density at radius 3 is 2.55 bits per heavy atom. The Kier molecular flexibility index (Phi) is 5.38. The topological polar surface area (TPSA) is 72.1 Å². The summed E-state index contributed by atoms with van der Waals surface area (Å²) in [7, 11) is 0. The number of aromatic nitrogens is 3. The molecule has 0 radical (unpaired) electrons. The van der Waals surface area contributed by atoms with Gasteiger partial charge >= 0.3 is 0 Å². The van der Waals surface area contributed by atoms with Crippen molar-refractivity contribution in [1.82, 2.24) is 20.0 Å². The maximum Gasteiger partial charge on any atom is 0.253 e. The van der Waals surface area contributed by atoms with E-state index < -0.39 is 0 Å². The molecule has 0 saturated carbocycles. The first-order valence-electron chi connectivity index (χ1n) is 9.80. The summed E-state index contributed by atoms with van der Waals surface area (Å²) < 4.78 is 18.3.